The molecule has 0 spiro atoms. The van der Waals surface area contributed by atoms with Crippen LogP contribution in [0.1, 0.15) is 26.7 Å². The Morgan fingerprint density at radius 2 is 2.00 bits per heavy atom. The van der Waals surface area contributed by atoms with Crippen LogP contribution in [0.4, 0.5) is 5.82 Å². The molecule has 0 aromatic carbocycles. The first kappa shape index (κ1) is 16.0. The van der Waals surface area contributed by atoms with E-state index in [9.17, 15) is 9.59 Å². The van der Waals surface area contributed by atoms with Gasteiger partial charge in [0.05, 0.1) is 12.6 Å². The van der Waals surface area contributed by atoms with Gasteiger partial charge in [0.15, 0.2) is 5.82 Å². The molecule has 1 rings (SSSR count). The lowest BCUT2D eigenvalue weighted by Crippen LogP contribution is -2.25. The van der Waals surface area contributed by atoms with Crippen LogP contribution in [0.15, 0.2) is 15.4 Å². The van der Waals surface area contributed by atoms with Crippen LogP contribution in [0.5, 0.6) is 0 Å². The summed E-state index contributed by atoms with van der Waals surface area (Å²) in [4.78, 5) is 30.6. The Labute approximate surface area is 127 Å². The number of anilines is 1. The van der Waals surface area contributed by atoms with Gasteiger partial charge in [0.25, 0.3) is 0 Å². The van der Waals surface area contributed by atoms with Crippen LogP contribution >= 0.6 is 31.9 Å². The predicted molar refractivity (Wildman–Crippen MR) is 76.7 cm³/mol. The maximum Gasteiger partial charge on any atom is 0.303 e. The highest BCUT2D eigenvalue weighted by molar-refractivity contribution is 9.11. The first-order valence-corrected chi connectivity index (χ1v) is 6.98. The molecule has 1 aromatic rings. The van der Waals surface area contributed by atoms with Crippen molar-refractivity contribution in [1.29, 1.82) is 0 Å². The summed E-state index contributed by atoms with van der Waals surface area (Å²) in [6.45, 7) is 3.45. The summed E-state index contributed by atoms with van der Waals surface area (Å²) in [6.07, 6.45) is 1.47. The van der Waals surface area contributed by atoms with Crippen LogP contribution in [0.25, 0.3) is 0 Å². The lowest BCUT2D eigenvalue weighted by molar-refractivity contribution is -0.139. The van der Waals surface area contributed by atoms with Gasteiger partial charge in [-0.3, -0.25) is 9.59 Å². The van der Waals surface area contributed by atoms with E-state index in [1.54, 1.807) is 13.8 Å². The van der Waals surface area contributed by atoms with E-state index in [-0.39, 0.29) is 18.7 Å². The SMILES string of the molecule is CC(C)(CC(=O)O)CC(=O)Nc1ncc(Br)nc1Br. The van der Waals surface area contributed by atoms with Crippen molar-refractivity contribution < 1.29 is 14.7 Å². The highest BCUT2D eigenvalue weighted by atomic mass is 79.9. The van der Waals surface area contributed by atoms with E-state index in [0.29, 0.717) is 15.0 Å². The van der Waals surface area contributed by atoms with Gasteiger partial charge in [-0.05, 0) is 37.3 Å². The van der Waals surface area contributed by atoms with E-state index < -0.39 is 11.4 Å². The normalized spacial score (nSPS) is 11.2. The molecule has 0 saturated carbocycles. The van der Waals surface area contributed by atoms with Crippen molar-refractivity contribution >= 4 is 49.6 Å². The fourth-order valence-electron chi connectivity index (χ4n) is 1.51. The van der Waals surface area contributed by atoms with Crippen molar-refractivity contribution in [2.24, 2.45) is 5.41 Å². The molecule has 0 fully saturated rings. The molecule has 1 aromatic heterocycles. The monoisotopic (exact) mass is 393 g/mol. The first-order valence-electron chi connectivity index (χ1n) is 5.39. The smallest absolute Gasteiger partial charge is 0.303 e. The third-order valence-electron chi connectivity index (χ3n) is 2.23. The summed E-state index contributed by atoms with van der Waals surface area (Å²) in [7, 11) is 0. The third kappa shape index (κ3) is 5.65. The maximum atomic E-state index is 11.8. The topological polar surface area (TPSA) is 92.2 Å². The summed E-state index contributed by atoms with van der Waals surface area (Å²) in [5.41, 5.74) is -0.620. The first-order chi connectivity index (χ1) is 8.69. The number of amides is 1. The van der Waals surface area contributed by atoms with Gasteiger partial charge in [0, 0.05) is 6.42 Å². The standard InChI is InChI=1S/C11H13Br2N3O3/c1-11(2,4-8(18)19)3-7(17)16-10-9(13)15-6(12)5-14-10/h5H,3-4H2,1-2H3,(H,18,19)(H,14,16,17). The lowest BCUT2D eigenvalue weighted by atomic mass is 9.85. The van der Waals surface area contributed by atoms with Gasteiger partial charge < -0.3 is 10.4 Å². The van der Waals surface area contributed by atoms with Crippen molar-refractivity contribution in [3.8, 4) is 0 Å². The molecule has 0 aliphatic carbocycles. The Morgan fingerprint density at radius 1 is 1.37 bits per heavy atom. The zero-order valence-corrected chi connectivity index (χ0v) is 13.6. The minimum absolute atomic E-state index is 0.0758. The Kier molecular flexibility index (Phi) is 5.42. The zero-order valence-electron chi connectivity index (χ0n) is 10.4. The summed E-state index contributed by atoms with van der Waals surface area (Å²) in [5, 5.41) is 11.4. The molecule has 0 radical (unpaired) electrons. The Hall–Kier alpha value is -1.02. The van der Waals surface area contributed by atoms with E-state index in [1.807, 2.05) is 0 Å². The molecule has 1 amide bonds. The molecule has 0 atom stereocenters. The average molecular weight is 395 g/mol. The van der Waals surface area contributed by atoms with Crippen LogP contribution in [-0.4, -0.2) is 27.0 Å². The van der Waals surface area contributed by atoms with Crippen molar-refractivity contribution in [3.05, 3.63) is 15.4 Å². The van der Waals surface area contributed by atoms with Gasteiger partial charge in [-0.15, -0.1) is 0 Å². The van der Waals surface area contributed by atoms with E-state index in [2.05, 4.69) is 47.1 Å². The number of hydrogen-bond donors (Lipinski definition) is 2. The van der Waals surface area contributed by atoms with E-state index in [0.717, 1.165) is 0 Å². The molecule has 0 bridgehead atoms. The lowest BCUT2D eigenvalue weighted by Gasteiger charge is -2.21. The van der Waals surface area contributed by atoms with Crippen LogP contribution in [0.2, 0.25) is 0 Å². The van der Waals surface area contributed by atoms with E-state index >= 15 is 0 Å². The largest absolute Gasteiger partial charge is 0.481 e. The molecular formula is C11H13Br2N3O3. The number of aliphatic carboxylic acids is 1. The second-order valence-electron chi connectivity index (χ2n) is 4.79. The van der Waals surface area contributed by atoms with Gasteiger partial charge in [-0.2, -0.15) is 0 Å². The van der Waals surface area contributed by atoms with Crippen molar-refractivity contribution in [2.75, 3.05) is 5.32 Å². The average Bonchev–Trinajstić information content (AvgIpc) is 2.19. The predicted octanol–water partition coefficient (Wildman–Crippen LogP) is 2.83. The zero-order chi connectivity index (χ0) is 14.6. The molecule has 104 valence electrons. The van der Waals surface area contributed by atoms with Crippen LogP contribution < -0.4 is 5.32 Å². The second-order valence-corrected chi connectivity index (χ2v) is 6.36. The number of rotatable bonds is 5. The molecule has 1 heterocycles. The summed E-state index contributed by atoms with van der Waals surface area (Å²) >= 11 is 6.34. The third-order valence-corrected chi connectivity index (χ3v) is 3.16. The molecule has 0 aliphatic rings. The number of aromatic nitrogens is 2. The molecule has 0 aliphatic heterocycles. The highest BCUT2D eigenvalue weighted by Crippen LogP contribution is 2.26. The van der Waals surface area contributed by atoms with Gasteiger partial charge in [0.2, 0.25) is 5.91 Å². The molecule has 0 unspecified atom stereocenters. The number of nitrogens with zero attached hydrogens (tertiary/aromatic N) is 2. The van der Waals surface area contributed by atoms with Gasteiger partial charge in [0.1, 0.15) is 9.21 Å². The number of carbonyl (C=O) groups is 2. The van der Waals surface area contributed by atoms with Crippen molar-refractivity contribution in [3.63, 3.8) is 0 Å². The van der Waals surface area contributed by atoms with Crippen molar-refractivity contribution in [2.45, 2.75) is 26.7 Å². The Morgan fingerprint density at radius 3 is 2.53 bits per heavy atom. The minimum Gasteiger partial charge on any atom is -0.481 e. The summed E-state index contributed by atoms with van der Waals surface area (Å²) in [6, 6.07) is 0. The van der Waals surface area contributed by atoms with Gasteiger partial charge in [-0.1, -0.05) is 13.8 Å². The van der Waals surface area contributed by atoms with Crippen LogP contribution in [0, 0.1) is 5.41 Å². The van der Waals surface area contributed by atoms with E-state index in [4.69, 9.17) is 5.11 Å². The molecule has 19 heavy (non-hydrogen) atoms. The van der Waals surface area contributed by atoms with Crippen LogP contribution in [-0.2, 0) is 9.59 Å². The Balaban J connectivity index is 2.67. The van der Waals surface area contributed by atoms with Gasteiger partial charge >= 0.3 is 5.97 Å². The molecule has 8 heteroatoms. The molecule has 0 saturated heterocycles. The second kappa shape index (κ2) is 6.42. The number of hydrogen-bond acceptors (Lipinski definition) is 4. The molecular weight excluding hydrogens is 382 g/mol. The molecule has 2 N–H and O–H groups in total. The Bertz CT molecular complexity index is 506. The number of carboxylic acid groups (broad SMARTS) is 1. The minimum atomic E-state index is -0.928. The quantitative estimate of drug-likeness (QED) is 0.800. The van der Waals surface area contributed by atoms with Gasteiger partial charge in [-0.25, -0.2) is 9.97 Å². The number of carbonyl (C=O) groups excluding carboxylic acids is 1. The number of halogens is 2. The summed E-state index contributed by atoms with van der Waals surface area (Å²) < 4.78 is 0.954. The van der Waals surface area contributed by atoms with Crippen molar-refractivity contribution in [1.82, 2.24) is 9.97 Å². The van der Waals surface area contributed by atoms with E-state index in [1.165, 1.54) is 6.20 Å². The number of nitrogens with one attached hydrogen (secondary N) is 1. The molecule has 6 nitrogen and oxygen atoms in total. The maximum absolute atomic E-state index is 11.8. The highest BCUT2D eigenvalue weighted by Gasteiger charge is 2.25. The summed E-state index contributed by atoms with van der Waals surface area (Å²) in [5.74, 6) is -0.926. The van der Waals surface area contributed by atoms with Crippen LogP contribution in [0.3, 0.4) is 0 Å². The fourth-order valence-corrected chi connectivity index (χ4v) is 2.42. The number of carboxylic acids is 1. The fraction of sp³-hybridized carbons (Fsp3) is 0.455.